The molecule has 0 fully saturated rings. The van der Waals surface area contributed by atoms with E-state index in [2.05, 4.69) is 36.0 Å². The maximum atomic E-state index is 13.3. The van der Waals surface area contributed by atoms with Gasteiger partial charge >= 0.3 is 0 Å². The van der Waals surface area contributed by atoms with E-state index in [4.69, 9.17) is 4.98 Å². The number of anilines is 2. The van der Waals surface area contributed by atoms with Crippen LogP contribution in [0.2, 0.25) is 0 Å². The van der Waals surface area contributed by atoms with Crippen LogP contribution in [0.25, 0.3) is 23.0 Å². The summed E-state index contributed by atoms with van der Waals surface area (Å²) in [5.74, 6) is 1.30. The number of pyridine rings is 2. The van der Waals surface area contributed by atoms with Gasteiger partial charge < -0.3 is 19.8 Å². The molecule has 2 amide bonds. The van der Waals surface area contributed by atoms with Crippen LogP contribution in [0.5, 0.6) is 0 Å². The van der Waals surface area contributed by atoms with Crippen LogP contribution in [0.4, 0.5) is 11.4 Å². The average molecular weight is 751 g/mol. The van der Waals surface area contributed by atoms with E-state index in [1.807, 2.05) is 127 Å². The maximum absolute atomic E-state index is 13.3. The lowest BCUT2D eigenvalue weighted by Gasteiger charge is -2.13. The second-order valence-corrected chi connectivity index (χ2v) is 14.7. The summed E-state index contributed by atoms with van der Waals surface area (Å²) in [5, 5.41) is 24.4. The Labute approximate surface area is 315 Å². The summed E-state index contributed by atoms with van der Waals surface area (Å²) in [5.41, 5.74) is 4.96. The Kier molecular flexibility index (Phi) is 12.4. The van der Waals surface area contributed by atoms with Gasteiger partial charge in [0.25, 0.3) is 0 Å². The van der Waals surface area contributed by atoms with Gasteiger partial charge in [0.2, 0.25) is 11.8 Å². The molecule has 4 heterocycles. The van der Waals surface area contributed by atoms with Gasteiger partial charge in [-0.25, -0.2) is 0 Å². The highest BCUT2D eigenvalue weighted by molar-refractivity contribution is 8.00. The molecule has 52 heavy (non-hydrogen) atoms. The number of benzene rings is 2. The number of nitrogens with zero attached hydrogens (tertiary/aromatic N) is 8. The molecule has 4 aromatic heterocycles. The number of amides is 2. The number of carbonyl (C=O) groups is 2. The quantitative estimate of drug-likeness (QED) is 0.103. The van der Waals surface area contributed by atoms with Crippen molar-refractivity contribution >= 4 is 58.5 Å². The van der Waals surface area contributed by atoms with E-state index in [1.165, 1.54) is 23.5 Å². The summed E-state index contributed by atoms with van der Waals surface area (Å²) >= 11 is 4.34. The third-order valence-electron chi connectivity index (χ3n) is 7.97. The minimum atomic E-state index is -0.412. The maximum Gasteiger partial charge on any atom is 0.237 e. The molecule has 1 unspecified atom stereocenters. The zero-order chi connectivity index (χ0) is 36.5. The minimum absolute atomic E-state index is 0.110. The van der Waals surface area contributed by atoms with Crippen LogP contribution in [-0.4, -0.2) is 68.6 Å². The molecule has 0 saturated carbocycles. The first-order chi connectivity index (χ1) is 25.3. The number of hydrogen-bond acceptors (Lipinski definition) is 11. The number of para-hydroxylation sites is 1. The number of rotatable bonds is 15. The molecule has 0 spiro atoms. The number of aromatic nitrogens is 8. The lowest BCUT2D eigenvalue weighted by molar-refractivity contribution is -0.115. The van der Waals surface area contributed by atoms with Crippen LogP contribution in [0.3, 0.4) is 0 Å². The second kappa shape index (κ2) is 17.5. The van der Waals surface area contributed by atoms with Gasteiger partial charge in [-0.2, -0.15) is 0 Å². The van der Waals surface area contributed by atoms with Crippen LogP contribution in [-0.2, 0) is 29.1 Å². The van der Waals surface area contributed by atoms with E-state index in [9.17, 15) is 9.59 Å². The predicted octanol–water partition coefficient (Wildman–Crippen LogP) is 7.20. The van der Waals surface area contributed by atoms with Crippen LogP contribution in [0.1, 0.15) is 31.9 Å². The van der Waals surface area contributed by atoms with Crippen molar-refractivity contribution in [2.45, 2.75) is 60.7 Å². The lowest BCUT2D eigenvalue weighted by atomic mass is 10.1. The Bertz CT molecular complexity index is 2120. The molecule has 2 N–H and O–H groups in total. The minimum Gasteiger partial charge on any atom is -0.325 e. The van der Waals surface area contributed by atoms with Gasteiger partial charge in [-0.15, -0.1) is 32.2 Å². The summed E-state index contributed by atoms with van der Waals surface area (Å²) in [7, 11) is 0. The highest BCUT2D eigenvalue weighted by Crippen LogP contribution is 2.28. The lowest BCUT2D eigenvalue weighted by Crippen LogP contribution is -2.23. The molecule has 6 rings (SSSR count). The first-order valence-corrected chi connectivity index (χ1v) is 19.8. The third kappa shape index (κ3) is 9.08. The molecule has 12 nitrogen and oxygen atoms in total. The van der Waals surface area contributed by atoms with Gasteiger partial charge in [0, 0.05) is 41.8 Å². The number of nitrogens with one attached hydrogen (secondary N) is 2. The highest BCUT2D eigenvalue weighted by Gasteiger charge is 2.21. The average Bonchev–Trinajstić information content (AvgIpc) is 3.78. The van der Waals surface area contributed by atoms with Crippen molar-refractivity contribution in [3.05, 3.63) is 102 Å². The van der Waals surface area contributed by atoms with Crippen molar-refractivity contribution in [1.82, 2.24) is 39.5 Å². The molecule has 15 heteroatoms. The summed E-state index contributed by atoms with van der Waals surface area (Å²) in [6.45, 7) is 7.18. The first kappa shape index (κ1) is 36.8. The summed E-state index contributed by atoms with van der Waals surface area (Å²) < 4.78 is 3.94. The molecule has 0 saturated heterocycles. The van der Waals surface area contributed by atoms with Gasteiger partial charge in [0.05, 0.1) is 11.0 Å². The Hall–Kier alpha value is -4.99. The highest BCUT2D eigenvalue weighted by atomic mass is 32.2. The summed E-state index contributed by atoms with van der Waals surface area (Å²) in [6, 6.07) is 25.1. The Morgan fingerprint density at radius 1 is 0.731 bits per heavy atom. The molecule has 0 bridgehead atoms. The van der Waals surface area contributed by atoms with Crippen LogP contribution < -0.4 is 10.6 Å². The second-order valence-electron chi connectivity index (χ2n) is 11.6. The largest absolute Gasteiger partial charge is 0.325 e. The molecule has 6 aromatic rings. The van der Waals surface area contributed by atoms with Crippen LogP contribution in [0, 0.1) is 0 Å². The molecule has 266 valence electrons. The Morgan fingerprint density at radius 2 is 1.40 bits per heavy atom. The predicted molar refractivity (Wildman–Crippen MR) is 209 cm³/mol. The zero-order valence-corrected chi connectivity index (χ0v) is 31.6. The van der Waals surface area contributed by atoms with Crippen LogP contribution >= 0.6 is 35.3 Å². The van der Waals surface area contributed by atoms with E-state index in [0.717, 1.165) is 27.4 Å². The van der Waals surface area contributed by atoms with Crippen LogP contribution in [0.15, 0.2) is 106 Å². The number of thioether (sulfide) groups is 3. The smallest absolute Gasteiger partial charge is 0.237 e. The van der Waals surface area contributed by atoms with Crippen molar-refractivity contribution in [2.24, 2.45) is 0 Å². The van der Waals surface area contributed by atoms with E-state index in [0.29, 0.717) is 52.9 Å². The zero-order valence-electron chi connectivity index (χ0n) is 29.2. The summed E-state index contributed by atoms with van der Waals surface area (Å²) in [4.78, 5) is 36.0. The molecule has 0 radical (unpaired) electrons. The monoisotopic (exact) mass is 750 g/mol. The van der Waals surface area contributed by atoms with Gasteiger partial charge in [0.15, 0.2) is 22.0 Å². The third-order valence-corrected chi connectivity index (χ3v) is 10.7. The van der Waals surface area contributed by atoms with E-state index in [-0.39, 0.29) is 17.6 Å². The van der Waals surface area contributed by atoms with E-state index in [1.54, 1.807) is 11.8 Å². The van der Waals surface area contributed by atoms with Gasteiger partial charge in [-0.05, 0) is 87.0 Å². The van der Waals surface area contributed by atoms with E-state index < -0.39 is 5.25 Å². The fourth-order valence-electron chi connectivity index (χ4n) is 5.31. The van der Waals surface area contributed by atoms with Crippen molar-refractivity contribution in [3.8, 4) is 23.0 Å². The van der Waals surface area contributed by atoms with Gasteiger partial charge in [-0.1, -0.05) is 59.9 Å². The number of carbonyl (C=O) groups excluding carboxylic acids is 2. The molecular formula is C37H38N10O2S3. The molecule has 0 aliphatic carbocycles. The van der Waals surface area contributed by atoms with Gasteiger partial charge in [0.1, 0.15) is 11.4 Å². The molecule has 0 aliphatic heterocycles. The van der Waals surface area contributed by atoms with Crippen molar-refractivity contribution in [1.29, 1.82) is 0 Å². The molecule has 1 atom stereocenters. The standard InChI is InChI=1S/C37H38N10O2S3/c1-5-46-33(42-44-36(46)51-23-32(48)40-27-12-8-7-9-13-27)30-17-15-26(21-38-30)19-25-11-10-14-28(20-25)41-35(49)24(3)52-37-45-43-34(47(37)6-2)31-18-16-29(50-4)22-39-31/h7-18,20-22,24H,5-6,19,23H2,1-4H3,(H,40,48)(H,41,49). The Balaban J connectivity index is 1.05. The molecule has 0 aliphatic rings. The fourth-order valence-corrected chi connectivity index (χ4v) is 7.39. The number of hydrogen-bond donors (Lipinski definition) is 2. The van der Waals surface area contributed by atoms with E-state index >= 15 is 0 Å². The molecule has 2 aromatic carbocycles. The van der Waals surface area contributed by atoms with Crippen molar-refractivity contribution in [2.75, 3.05) is 22.6 Å². The van der Waals surface area contributed by atoms with Gasteiger partial charge in [-0.3, -0.25) is 19.6 Å². The first-order valence-electron chi connectivity index (χ1n) is 16.7. The fraction of sp³-hybridized carbons (Fsp3) is 0.243. The molecular weight excluding hydrogens is 713 g/mol. The summed E-state index contributed by atoms with van der Waals surface area (Å²) in [6.07, 6.45) is 6.30. The normalized spacial score (nSPS) is 11.7. The Morgan fingerprint density at radius 3 is 2.06 bits per heavy atom. The SMILES string of the molecule is CCn1c(SCC(=O)Nc2ccccc2)nnc1-c1ccc(Cc2cccc(NC(=O)C(C)Sc3nnc(-c4ccc(SC)cn4)n3CC)c2)cn1. The topological polar surface area (TPSA) is 145 Å². The van der Waals surface area contributed by atoms with Crippen molar-refractivity contribution in [3.63, 3.8) is 0 Å². The van der Waals surface area contributed by atoms with Crippen molar-refractivity contribution < 1.29 is 9.59 Å².